The molecule has 21 heavy (non-hydrogen) atoms. The van der Waals surface area contributed by atoms with Gasteiger partial charge in [0.25, 0.3) is 5.91 Å². The van der Waals surface area contributed by atoms with Gasteiger partial charge in [-0.05, 0) is 31.7 Å². The van der Waals surface area contributed by atoms with Crippen LogP contribution in [0, 0.1) is 0 Å². The van der Waals surface area contributed by atoms with Crippen molar-refractivity contribution < 1.29 is 52.1 Å². The molecule has 2 N–H and O–H groups in total. The van der Waals surface area contributed by atoms with Gasteiger partial charge in [-0.25, -0.2) is 8.42 Å². The summed E-state index contributed by atoms with van der Waals surface area (Å²) in [6.07, 6.45) is 0. The maximum atomic E-state index is 11.7. The van der Waals surface area contributed by atoms with Crippen LogP contribution in [0.25, 0.3) is 0 Å². The van der Waals surface area contributed by atoms with Crippen LogP contribution in [-0.4, -0.2) is 38.7 Å². The second-order valence-corrected chi connectivity index (χ2v) is 5.21. The molecular weight excluding hydrogens is 307 g/mol. The Morgan fingerprint density at radius 2 is 1.95 bits per heavy atom. The van der Waals surface area contributed by atoms with Gasteiger partial charge < -0.3 is 14.6 Å². The van der Waals surface area contributed by atoms with Crippen molar-refractivity contribution in [3.63, 3.8) is 0 Å². The molecule has 0 atom stereocenters. The van der Waals surface area contributed by atoms with Crippen LogP contribution in [0.3, 0.4) is 0 Å². The van der Waals surface area contributed by atoms with E-state index in [1.54, 1.807) is 6.92 Å². The molecule has 7 nitrogen and oxygen atoms in total. The number of ether oxygens (including phenoxy) is 1. The zero-order valence-electron chi connectivity index (χ0n) is 12.3. The normalized spacial score (nSPS) is 10.6. The maximum absolute atomic E-state index is 11.7. The topological polar surface area (TPSA) is 108 Å². The third kappa shape index (κ3) is 6.33. The van der Waals surface area contributed by atoms with Crippen molar-refractivity contribution in [1.29, 1.82) is 0 Å². The van der Waals surface area contributed by atoms with Crippen molar-refractivity contribution in [3.05, 3.63) is 23.8 Å². The fraction of sp³-hybridized carbons (Fsp3) is 0.417. The van der Waals surface area contributed by atoms with Gasteiger partial charge in [0, 0.05) is 6.54 Å². The van der Waals surface area contributed by atoms with Crippen LogP contribution in [0.5, 0.6) is 5.75 Å². The summed E-state index contributed by atoms with van der Waals surface area (Å²) >= 11 is 0. The monoisotopic (exact) mass is 324 g/mol. The molecule has 0 heterocycles. The molecule has 1 amide bonds. The van der Waals surface area contributed by atoms with Gasteiger partial charge in [-0.15, -0.1) is 0 Å². The van der Waals surface area contributed by atoms with Gasteiger partial charge in [-0.3, -0.25) is 10.1 Å². The predicted molar refractivity (Wildman–Crippen MR) is 71.6 cm³/mol. The number of hydrogen-bond acceptors (Lipinski definition) is 6. The van der Waals surface area contributed by atoms with E-state index < -0.39 is 20.9 Å². The number of nitrogens with one attached hydrogen (secondary N) is 2. The Bertz CT molecular complexity index is 577. The predicted octanol–water partition coefficient (Wildman–Crippen LogP) is -2.71. The summed E-state index contributed by atoms with van der Waals surface area (Å²) in [5.74, 6) is -0.409. The number of carbonyl (C=O) groups excluding carboxylic acids is 1. The average Bonchev–Trinajstić information content (AvgIpc) is 2.38. The second-order valence-electron chi connectivity index (χ2n) is 3.86. The average molecular weight is 324 g/mol. The summed E-state index contributed by atoms with van der Waals surface area (Å²) in [6, 6.07) is 3.76. The van der Waals surface area contributed by atoms with E-state index in [2.05, 4.69) is 10.6 Å². The van der Waals surface area contributed by atoms with Gasteiger partial charge in [0.1, 0.15) is 22.6 Å². The summed E-state index contributed by atoms with van der Waals surface area (Å²) in [7, 11) is -4.76. The van der Waals surface area contributed by atoms with Crippen LogP contribution in [0.4, 0.5) is 0 Å². The van der Waals surface area contributed by atoms with E-state index in [1.807, 2.05) is 6.92 Å². The van der Waals surface area contributed by atoms with Crippen molar-refractivity contribution in [2.45, 2.75) is 18.7 Å². The van der Waals surface area contributed by atoms with Crippen LogP contribution in [0.15, 0.2) is 23.1 Å². The third-order valence-electron chi connectivity index (χ3n) is 2.40. The first-order chi connectivity index (χ1) is 9.40. The van der Waals surface area contributed by atoms with E-state index in [1.165, 1.54) is 12.1 Å². The Balaban J connectivity index is 0.00000400. The fourth-order valence-electron chi connectivity index (χ4n) is 1.48. The Hall–Kier alpha value is -0.640. The summed E-state index contributed by atoms with van der Waals surface area (Å²) in [5.41, 5.74) is -0.183. The zero-order valence-corrected chi connectivity index (χ0v) is 15.1. The van der Waals surface area contributed by atoms with E-state index in [4.69, 9.17) is 4.74 Å². The Morgan fingerprint density at radius 3 is 2.48 bits per heavy atom. The molecule has 1 aromatic carbocycles. The van der Waals surface area contributed by atoms with E-state index in [0.717, 1.165) is 6.07 Å². The Morgan fingerprint density at radius 1 is 1.29 bits per heavy atom. The molecule has 0 aliphatic carbocycles. The molecule has 0 aliphatic heterocycles. The molecule has 0 bridgehead atoms. The molecule has 0 aromatic heterocycles. The van der Waals surface area contributed by atoms with Crippen molar-refractivity contribution >= 4 is 16.0 Å². The molecule has 0 spiro atoms. The third-order valence-corrected chi connectivity index (χ3v) is 3.27. The molecule has 0 radical (unpaired) electrons. The van der Waals surface area contributed by atoms with Crippen molar-refractivity contribution in [3.8, 4) is 5.75 Å². The molecular formula is C12H17N2NaO5S. The minimum absolute atomic E-state index is 0. The molecule has 112 valence electrons. The van der Waals surface area contributed by atoms with Crippen LogP contribution >= 0.6 is 0 Å². The molecule has 1 aromatic rings. The fourth-order valence-corrected chi connectivity index (χ4v) is 2.17. The van der Waals surface area contributed by atoms with Crippen molar-refractivity contribution in [1.82, 2.24) is 10.6 Å². The SMILES string of the molecule is CCNCOc1ccc(C(=O)NCC)c(S(=O)(=O)[O-])c1.[Na+]. The number of benzene rings is 1. The largest absolute Gasteiger partial charge is 1.00 e. The van der Waals surface area contributed by atoms with E-state index >= 15 is 0 Å². The number of amides is 1. The molecule has 0 aliphatic rings. The summed E-state index contributed by atoms with van der Waals surface area (Å²) < 4.78 is 38.9. The smallest absolute Gasteiger partial charge is 0.744 e. The summed E-state index contributed by atoms with van der Waals surface area (Å²) in [6.45, 7) is 4.77. The number of rotatable bonds is 7. The maximum Gasteiger partial charge on any atom is 1.00 e. The molecule has 1 rings (SSSR count). The second kappa shape index (κ2) is 9.39. The molecule has 0 saturated heterocycles. The van der Waals surface area contributed by atoms with Crippen LogP contribution < -0.4 is 44.9 Å². The van der Waals surface area contributed by atoms with E-state index in [9.17, 15) is 17.8 Å². The molecule has 0 unspecified atom stereocenters. The van der Waals surface area contributed by atoms with Gasteiger partial charge in [0.2, 0.25) is 0 Å². The van der Waals surface area contributed by atoms with E-state index in [0.29, 0.717) is 13.1 Å². The van der Waals surface area contributed by atoms with Crippen LogP contribution in [0.2, 0.25) is 0 Å². The number of hydrogen-bond donors (Lipinski definition) is 2. The summed E-state index contributed by atoms with van der Waals surface area (Å²) in [5, 5.41) is 5.33. The standard InChI is InChI=1S/C12H18N2O5S.Na/c1-3-13-8-19-9-5-6-10(12(15)14-4-2)11(7-9)20(16,17)18;/h5-7,13H,3-4,8H2,1-2H3,(H,14,15)(H,16,17,18);/q;+1/p-1. The summed E-state index contributed by atoms with van der Waals surface area (Å²) in [4.78, 5) is 11.1. The van der Waals surface area contributed by atoms with Crippen molar-refractivity contribution in [2.75, 3.05) is 19.8 Å². The Kier molecular flexibility index (Phi) is 9.11. The van der Waals surface area contributed by atoms with Crippen molar-refractivity contribution in [2.24, 2.45) is 0 Å². The van der Waals surface area contributed by atoms with Gasteiger partial charge in [0.15, 0.2) is 0 Å². The minimum Gasteiger partial charge on any atom is -0.744 e. The molecule has 0 saturated carbocycles. The molecule has 9 heteroatoms. The van der Waals surface area contributed by atoms with Crippen LogP contribution in [-0.2, 0) is 10.1 Å². The van der Waals surface area contributed by atoms with E-state index in [-0.39, 0.29) is 47.6 Å². The Labute approximate surface area is 146 Å². The zero-order chi connectivity index (χ0) is 15.2. The number of carbonyl (C=O) groups is 1. The first-order valence-corrected chi connectivity index (χ1v) is 7.52. The van der Waals surface area contributed by atoms with Gasteiger partial charge in [-0.2, -0.15) is 0 Å². The van der Waals surface area contributed by atoms with Gasteiger partial charge in [-0.1, -0.05) is 6.92 Å². The van der Waals surface area contributed by atoms with Crippen LogP contribution in [0.1, 0.15) is 24.2 Å². The first kappa shape index (κ1) is 20.4. The quantitative estimate of drug-likeness (QED) is 0.244. The minimum atomic E-state index is -4.76. The van der Waals surface area contributed by atoms with Gasteiger partial charge in [0.05, 0.1) is 10.5 Å². The van der Waals surface area contributed by atoms with Gasteiger partial charge >= 0.3 is 29.6 Å². The molecule has 0 fully saturated rings. The first-order valence-electron chi connectivity index (χ1n) is 6.11.